The molecule has 0 aliphatic rings. The number of esters is 1. The first-order valence-corrected chi connectivity index (χ1v) is 7.11. The number of hydrogen-bond acceptors (Lipinski definition) is 4. The number of halogens is 1. The predicted octanol–water partition coefficient (Wildman–Crippen LogP) is 3.38. The number of thiophene rings is 1. The molecule has 21 heavy (non-hydrogen) atoms. The van der Waals surface area contributed by atoms with Crippen molar-refractivity contribution in [1.82, 2.24) is 0 Å². The third kappa shape index (κ3) is 4.13. The average molecular weight is 307 g/mol. The van der Waals surface area contributed by atoms with Crippen molar-refractivity contribution < 1.29 is 18.7 Å². The van der Waals surface area contributed by atoms with E-state index < -0.39 is 18.0 Å². The fourth-order valence-corrected chi connectivity index (χ4v) is 2.34. The first-order valence-electron chi connectivity index (χ1n) is 6.29. The van der Waals surface area contributed by atoms with Gasteiger partial charge in [-0.25, -0.2) is 9.18 Å². The molecule has 0 bridgehead atoms. The highest BCUT2D eigenvalue weighted by Gasteiger charge is 2.19. The number of hydrogen-bond donors (Lipinski definition) is 1. The standard InChI is InChI=1S/C15H14FNO3S/c1-9-3-8-13(21-9)15(19)20-10(2)14(18)17-12-6-4-11(16)5-7-12/h3-8,10H,1-2H3,(H,17,18)/t10-/m1/s1. The van der Waals surface area contributed by atoms with Crippen molar-refractivity contribution in [1.29, 1.82) is 0 Å². The number of rotatable bonds is 4. The minimum absolute atomic E-state index is 0.388. The van der Waals surface area contributed by atoms with Gasteiger partial charge in [-0.1, -0.05) is 0 Å². The van der Waals surface area contributed by atoms with Crippen molar-refractivity contribution in [3.8, 4) is 0 Å². The van der Waals surface area contributed by atoms with E-state index in [4.69, 9.17) is 4.74 Å². The summed E-state index contributed by atoms with van der Waals surface area (Å²) in [6.07, 6.45) is -0.940. The summed E-state index contributed by atoms with van der Waals surface area (Å²) in [5.74, 6) is -1.39. The highest BCUT2D eigenvalue weighted by atomic mass is 32.1. The first kappa shape index (κ1) is 15.2. The van der Waals surface area contributed by atoms with E-state index >= 15 is 0 Å². The Kier molecular flexibility index (Phi) is 4.70. The molecule has 1 heterocycles. The Morgan fingerprint density at radius 1 is 1.19 bits per heavy atom. The van der Waals surface area contributed by atoms with Crippen molar-refractivity contribution in [2.24, 2.45) is 0 Å². The maximum Gasteiger partial charge on any atom is 0.349 e. The number of nitrogens with one attached hydrogen (secondary N) is 1. The molecule has 0 saturated heterocycles. The fourth-order valence-electron chi connectivity index (χ4n) is 1.59. The molecule has 2 rings (SSSR count). The predicted molar refractivity (Wildman–Crippen MR) is 79.0 cm³/mol. The highest BCUT2D eigenvalue weighted by Crippen LogP contribution is 2.17. The van der Waals surface area contributed by atoms with E-state index in [1.165, 1.54) is 42.5 Å². The molecule has 0 fully saturated rings. The van der Waals surface area contributed by atoms with E-state index in [-0.39, 0.29) is 5.82 Å². The molecule has 0 spiro atoms. The van der Waals surface area contributed by atoms with Gasteiger partial charge in [0.1, 0.15) is 10.7 Å². The molecule has 0 unspecified atom stereocenters. The number of ether oxygens (including phenoxy) is 1. The molecule has 4 nitrogen and oxygen atoms in total. The van der Waals surface area contributed by atoms with Gasteiger partial charge in [0.25, 0.3) is 5.91 Å². The molecule has 0 radical (unpaired) electrons. The summed E-state index contributed by atoms with van der Waals surface area (Å²) in [4.78, 5) is 25.2. The van der Waals surface area contributed by atoms with Crippen molar-refractivity contribution in [3.05, 3.63) is 52.0 Å². The zero-order valence-corrected chi connectivity index (χ0v) is 12.4. The fraction of sp³-hybridized carbons (Fsp3) is 0.200. The molecule has 0 aliphatic carbocycles. The van der Waals surface area contributed by atoms with Crippen LogP contribution in [-0.4, -0.2) is 18.0 Å². The Labute approximate surface area is 125 Å². The van der Waals surface area contributed by atoms with Crippen LogP contribution in [-0.2, 0) is 9.53 Å². The number of anilines is 1. The van der Waals surface area contributed by atoms with Crippen molar-refractivity contribution in [2.45, 2.75) is 20.0 Å². The van der Waals surface area contributed by atoms with Gasteiger partial charge in [0.05, 0.1) is 0 Å². The monoisotopic (exact) mass is 307 g/mol. The average Bonchev–Trinajstić information content (AvgIpc) is 2.88. The van der Waals surface area contributed by atoms with Gasteiger partial charge >= 0.3 is 5.97 Å². The van der Waals surface area contributed by atoms with E-state index in [1.807, 2.05) is 13.0 Å². The quantitative estimate of drug-likeness (QED) is 0.881. The topological polar surface area (TPSA) is 55.4 Å². The van der Waals surface area contributed by atoms with E-state index in [0.717, 1.165) is 4.88 Å². The number of benzene rings is 1. The smallest absolute Gasteiger partial charge is 0.349 e. The summed E-state index contributed by atoms with van der Waals surface area (Å²) in [6.45, 7) is 3.36. The second kappa shape index (κ2) is 6.49. The summed E-state index contributed by atoms with van der Waals surface area (Å²) in [5.41, 5.74) is 0.441. The van der Waals surface area contributed by atoms with Crippen LogP contribution >= 0.6 is 11.3 Å². The van der Waals surface area contributed by atoms with Gasteiger partial charge in [-0.15, -0.1) is 11.3 Å². The summed E-state index contributed by atoms with van der Waals surface area (Å²) < 4.78 is 17.9. The van der Waals surface area contributed by atoms with Crippen LogP contribution in [0.3, 0.4) is 0 Å². The number of aryl methyl sites for hydroxylation is 1. The lowest BCUT2D eigenvalue weighted by molar-refractivity contribution is -0.123. The molecule has 110 valence electrons. The van der Waals surface area contributed by atoms with Crippen LogP contribution < -0.4 is 5.32 Å². The third-order valence-corrected chi connectivity index (χ3v) is 3.69. The Bertz CT molecular complexity index is 651. The maximum absolute atomic E-state index is 12.8. The SMILES string of the molecule is Cc1ccc(C(=O)O[C@H](C)C(=O)Nc2ccc(F)cc2)s1. The van der Waals surface area contributed by atoms with Gasteiger partial charge in [-0.3, -0.25) is 4.79 Å². The van der Waals surface area contributed by atoms with Gasteiger partial charge in [0.2, 0.25) is 0 Å². The molecular formula is C15H14FNO3S. The van der Waals surface area contributed by atoms with Crippen molar-refractivity contribution in [3.63, 3.8) is 0 Å². The summed E-state index contributed by atoms with van der Waals surface area (Å²) >= 11 is 1.31. The van der Waals surface area contributed by atoms with E-state index in [0.29, 0.717) is 10.6 Å². The normalized spacial score (nSPS) is 11.8. The zero-order chi connectivity index (χ0) is 15.4. The van der Waals surface area contributed by atoms with Crippen LogP contribution in [0.5, 0.6) is 0 Å². The van der Waals surface area contributed by atoms with Crippen LogP contribution in [0.4, 0.5) is 10.1 Å². The largest absolute Gasteiger partial charge is 0.448 e. The zero-order valence-electron chi connectivity index (χ0n) is 11.6. The van der Waals surface area contributed by atoms with E-state index in [2.05, 4.69) is 5.32 Å². The summed E-state index contributed by atoms with van der Waals surface area (Å²) in [7, 11) is 0. The van der Waals surface area contributed by atoms with Gasteiger partial charge < -0.3 is 10.1 Å². The molecule has 6 heteroatoms. The lowest BCUT2D eigenvalue weighted by Crippen LogP contribution is -2.29. The number of amides is 1. The molecule has 2 aromatic rings. The maximum atomic E-state index is 12.8. The number of carbonyl (C=O) groups excluding carboxylic acids is 2. The lowest BCUT2D eigenvalue weighted by Gasteiger charge is -2.12. The lowest BCUT2D eigenvalue weighted by atomic mass is 10.3. The van der Waals surface area contributed by atoms with E-state index in [1.54, 1.807) is 6.07 Å². The van der Waals surface area contributed by atoms with Crippen LogP contribution in [0, 0.1) is 12.7 Å². The summed E-state index contributed by atoms with van der Waals surface area (Å²) in [5, 5.41) is 2.55. The molecule has 1 amide bonds. The van der Waals surface area contributed by atoms with Crippen LogP contribution in [0.1, 0.15) is 21.5 Å². The number of carbonyl (C=O) groups is 2. The molecule has 0 saturated carbocycles. The Morgan fingerprint density at radius 2 is 1.86 bits per heavy atom. The van der Waals surface area contributed by atoms with Gasteiger partial charge in [0.15, 0.2) is 6.10 Å². The van der Waals surface area contributed by atoms with Gasteiger partial charge in [-0.2, -0.15) is 0 Å². The highest BCUT2D eigenvalue weighted by molar-refractivity contribution is 7.13. The Balaban J connectivity index is 1.93. The second-order valence-corrected chi connectivity index (χ2v) is 5.74. The molecule has 0 aliphatic heterocycles. The minimum Gasteiger partial charge on any atom is -0.448 e. The molecule has 1 aromatic heterocycles. The Hall–Kier alpha value is -2.21. The van der Waals surface area contributed by atoms with Crippen molar-refractivity contribution >= 4 is 28.9 Å². The molecule has 1 atom stereocenters. The first-order chi connectivity index (χ1) is 9.95. The Morgan fingerprint density at radius 3 is 2.43 bits per heavy atom. The summed E-state index contributed by atoms with van der Waals surface area (Å²) in [6, 6.07) is 8.81. The second-order valence-electron chi connectivity index (χ2n) is 4.45. The van der Waals surface area contributed by atoms with Crippen LogP contribution in [0.2, 0.25) is 0 Å². The molecule has 1 aromatic carbocycles. The third-order valence-electron chi connectivity index (χ3n) is 2.71. The van der Waals surface area contributed by atoms with Crippen LogP contribution in [0.15, 0.2) is 36.4 Å². The minimum atomic E-state index is -0.940. The van der Waals surface area contributed by atoms with Gasteiger partial charge in [-0.05, 0) is 50.2 Å². The van der Waals surface area contributed by atoms with Crippen LogP contribution in [0.25, 0.3) is 0 Å². The van der Waals surface area contributed by atoms with E-state index in [9.17, 15) is 14.0 Å². The molecular weight excluding hydrogens is 293 g/mol. The molecule has 1 N–H and O–H groups in total. The van der Waals surface area contributed by atoms with Gasteiger partial charge in [0, 0.05) is 10.6 Å². The van der Waals surface area contributed by atoms with Crippen molar-refractivity contribution in [2.75, 3.05) is 5.32 Å².